The Kier molecular flexibility index (Phi) is 8.48. The maximum absolute atomic E-state index is 10.2. The molecule has 0 amide bonds. The van der Waals surface area contributed by atoms with E-state index in [0.29, 0.717) is 12.6 Å². The summed E-state index contributed by atoms with van der Waals surface area (Å²) in [5, 5.41) is 16.9. The number of nitrogens with zero attached hydrogens (tertiary/aromatic N) is 1. The Morgan fingerprint density at radius 1 is 1.36 bits per heavy atom. The van der Waals surface area contributed by atoms with Crippen LogP contribution in [0.25, 0.3) is 0 Å². The summed E-state index contributed by atoms with van der Waals surface area (Å²) in [5.41, 5.74) is 2.06. The number of aliphatic hydroxyl groups excluding tert-OH is 1. The fraction of sp³-hybridized carbons (Fsp3) is 0.471. The van der Waals surface area contributed by atoms with Gasteiger partial charge in [0.15, 0.2) is 5.96 Å². The molecule has 0 bridgehead atoms. The Hall–Kier alpha value is -1.08. The molecular weight excluding hydrogens is 389 g/mol. The standard InChI is InChI=1S/C17H25N3O.HI/c1-3-18-17(20-15-9-4-5-10-15)19-12-16(21)14-8-6-7-13(2)11-14;/h4-8,11,15-16,21H,3,9-10,12H2,1-2H3,(H2,18,19,20);1H. The molecule has 1 unspecified atom stereocenters. The lowest BCUT2D eigenvalue weighted by Gasteiger charge is -2.17. The lowest BCUT2D eigenvalue weighted by Crippen LogP contribution is -2.42. The number of rotatable bonds is 5. The van der Waals surface area contributed by atoms with E-state index in [9.17, 15) is 5.11 Å². The highest BCUT2D eigenvalue weighted by Crippen LogP contribution is 2.14. The minimum Gasteiger partial charge on any atom is -0.386 e. The number of halogens is 1. The van der Waals surface area contributed by atoms with Crippen molar-refractivity contribution in [2.24, 2.45) is 4.99 Å². The molecule has 0 aromatic heterocycles. The van der Waals surface area contributed by atoms with Crippen molar-refractivity contribution in [2.75, 3.05) is 13.1 Å². The molecule has 0 aliphatic heterocycles. The van der Waals surface area contributed by atoms with Crippen LogP contribution in [0.4, 0.5) is 0 Å². The van der Waals surface area contributed by atoms with E-state index in [4.69, 9.17) is 0 Å². The molecule has 2 rings (SSSR count). The number of aliphatic imine (C=N–C) groups is 1. The minimum absolute atomic E-state index is 0. The van der Waals surface area contributed by atoms with E-state index in [0.717, 1.165) is 36.5 Å². The van der Waals surface area contributed by atoms with Crippen molar-refractivity contribution in [1.29, 1.82) is 0 Å². The van der Waals surface area contributed by atoms with Gasteiger partial charge in [-0.15, -0.1) is 24.0 Å². The molecule has 0 saturated heterocycles. The molecular formula is C17H26IN3O. The lowest BCUT2D eigenvalue weighted by molar-refractivity contribution is 0.187. The van der Waals surface area contributed by atoms with E-state index in [1.54, 1.807) is 0 Å². The largest absolute Gasteiger partial charge is 0.386 e. The molecule has 3 N–H and O–H groups in total. The molecule has 4 nitrogen and oxygen atoms in total. The van der Waals surface area contributed by atoms with Crippen molar-refractivity contribution in [3.63, 3.8) is 0 Å². The Labute approximate surface area is 150 Å². The van der Waals surface area contributed by atoms with Crippen LogP contribution < -0.4 is 10.6 Å². The summed E-state index contributed by atoms with van der Waals surface area (Å²) in [6.45, 7) is 5.24. The molecule has 0 heterocycles. The van der Waals surface area contributed by atoms with Crippen molar-refractivity contribution in [1.82, 2.24) is 10.6 Å². The molecule has 122 valence electrons. The van der Waals surface area contributed by atoms with Crippen LogP contribution >= 0.6 is 24.0 Å². The zero-order valence-electron chi connectivity index (χ0n) is 13.2. The van der Waals surface area contributed by atoms with Crippen molar-refractivity contribution in [2.45, 2.75) is 38.8 Å². The maximum atomic E-state index is 10.2. The summed E-state index contributed by atoms with van der Waals surface area (Å²) in [4.78, 5) is 4.50. The molecule has 1 atom stereocenters. The van der Waals surface area contributed by atoms with Gasteiger partial charge in [0.1, 0.15) is 0 Å². The molecule has 1 aromatic carbocycles. The molecule has 5 heteroatoms. The van der Waals surface area contributed by atoms with E-state index < -0.39 is 6.10 Å². The van der Waals surface area contributed by atoms with Crippen LogP contribution in [-0.4, -0.2) is 30.2 Å². The quantitative estimate of drug-likeness (QED) is 0.300. The van der Waals surface area contributed by atoms with Crippen LogP contribution in [0.1, 0.15) is 37.0 Å². The first kappa shape index (κ1) is 19.0. The topological polar surface area (TPSA) is 56.7 Å². The van der Waals surface area contributed by atoms with Gasteiger partial charge in [0.05, 0.1) is 12.6 Å². The second-order valence-electron chi connectivity index (χ2n) is 5.43. The monoisotopic (exact) mass is 415 g/mol. The summed E-state index contributed by atoms with van der Waals surface area (Å²) in [7, 11) is 0. The second-order valence-corrected chi connectivity index (χ2v) is 5.43. The van der Waals surface area contributed by atoms with Crippen LogP contribution in [0.2, 0.25) is 0 Å². The number of nitrogens with one attached hydrogen (secondary N) is 2. The van der Waals surface area contributed by atoms with Crippen LogP contribution in [0, 0.1) is 6.92 Å². The number of hydrogen-bond donors (Lipinski definition) is 3. The van der Waals surface area contributed by atoms with E-state index in [1.807, 2.05) is 38.1 Å². The lowest BCUT2D eigenvalue weighted by atomic mass is 10.1. The fourth-order valence-corrected chi connectivity index (χ4v) is 2.41. The molecule has 0 spiro atoms. The van der Waals surface area contributed by atoms with Crippen LogP contribution in [0.5, 0.6) is 0 Å². The number of aliphatic hydroxyl groups is 1. The van der Waals surface area contributed by atoms with E-state index >= 15 is 0 Å². The molecule has 0 fully saturated rings. The highest BCUT2D eigenvalue weighted by atomic mass is 127. The second kappa shape index (κ2) is 9.84. The Bertz CT molecular complexity index is 508. The number of aryl methyl sites for hydroxylation is 1. The van der Waals surface area contributed by atoms with Gasteiger partial charge in [-0.2, -0.15) is 0 Å². The third-order valence-electron chi connectivity index (χ3n) is 3.54. The number of hydrogen-bond acceptors (Lipinski definition) is 2. The van der Waals surface area contributed by atoms with Gasteiger partial charge < -0.3 is 15.7 Å². The summed E-state index contributed by atoms with van der Waals surface area (Å²) in [6.07, 6.45) is 5.86. The summed E-state index contributed by atoms with van der Waals surface area (Å²) >= 11 is 0. The Morgan fingerprint density at radius 3 is 2.73 bits per heavy atom. The van der Waals surface area contributed by atoms with Gasteiger partial charge in [-0.25, -0.2) is 0 Å². The zero-order valence-corrected chi connectivity index (χ0v) is 15.6. The van der Waals surface area contributed by atoms with E-state index in [-0.39, 0.29) is 24.0 Å². The molecule has 1 aliphatic carbocycles. The van der Waals surface area contributed by atoms with Crippen LogP contribution in [0.3, 0.4) is 0 Å². The van der Waals surface area contributed by atoms with Gasteiger partial charge in [0, 0.05) is 12.6 Å². The van der Waals surface area contributed by atoms with Crippen molar-refractivity contribution < 1.29 is 5.11 Å². The van der Waals surface area contributed by atoms with Crippen LogP contribution in [0.15, 0.2) is 41.4 Å². The minimum atomic E-state index is -0.568. The normalized spacial score (nSPS) is 16.2. The average molecular weight is 415 g/mol. The fourth-order valence-electron chi connectivity index (χ4n) is 2.41. The summed E-state index contributed by atoms with van der Waals surface area (Å²) in [5.74, 6) is 0.776. The Balaban J connectivity index is 0.00000242. The Morgan fingerprint density at radius 2 is 2.09 bits per heavy atom. The van der Waals surface area contributed by atoms with Gasteiger partial charge in [0.25, 0.3) is 0 Å². The predicted octanol–water partition coefficient (Wildman–Crippen LogP) is 2.92. The van der Waals surface area contributed by atoms with Crippen molar-refractivity contribution >= 4 is 29.9 Å². The predicted molar refractivity (Wildman–Crippen MR) is 103 cm³/mol. The maximum Gasteiger partial charge on any atom is 0.191 e. The summed E-state index contributed by atoms with van der Waals surface area (Å²) in [6, 6.07) is 8.35. The number of guanidine groups is 1. The first-order valence-electron chi connectivity index (χ1n) is 7.63. The highest BCUT2D eigenvalue weighted by molar-refractivity contribution is 14.0. The first-order valence-corrected chi connectivity index (χ1v) is 7.63. The average Bonchev–Trinajstić information content (AvgIpc) is 2.97. The highest BCUT2D eigenvalue weighted by Gasteiger charge is 2.12. The van der Waals surface area contributed by atoms with Gasteiger partial charge >= 0.3 is 0 Å². The molecule has 22 heavy (non-hydrogen) atoms. The van der Waals surface area contributed by atoms with E-state index in [1.165, 1.54) is 0 Å². The van der Waals surface area contributed by atoms with Gasteiger partial charge in [0.2, 0.25) is 0 Å². The number of benzene rings is 1. The SMILES string of the molecule is CCNC(=NCC(O)c1cccc(C)c1)NC1CC=CC1.I. The van der Waals surface area contributed by atoms with E-state index in [2.05, 4.69) is 27.8 Å². The third kappa shape index (κ3) is 5.96. The van der Waals surface area contributed by atoms with Crippen molar-refractivity contribution in [3.05, 3.63) is 47.5 Å². The third-order valence-corrected chi connectivity index (χ3v) is 3.54. The molecule has 0 radical (unpaired) electrons. The molecule has 1 aliphatic rings. The summed E-state index contributed by atoms with van der Waals surface area (Å²) < 4.78 is 0. The van der Waals surface area contributed by atoms with Gasteiger partial charge in [-0.3, -0.25) is 4.99 Å². The van der Waals surface area contributed by atoms with Gasteiger partial charge in [-0.1, -0.05) is 42.0 Å². The van der Waals surface area contributed by atoms with Gasteiger partial charge in [-0.05, 0) is 32.3 Å². The smallest absolute Gasteiger partial charge is 0.191 e. The zero-order chi connectivity index (χ0) is 15.1. The van der Waals surface area contributed by atoms with Crippen molar-refractivity contribution in [3.8, 4) is 0 Å². The first-order chi connectivity index (χ1) is 10.2. The molecule has 1 aromatic rings. The van der Waals surface area contributed by atoms with Crippen LogP contribution in [-0.2, 0) is 0 Å². The molecule has 0 saturated carbocycles.